The number of rotatable bonds is 5. The van der Waals surface area contributed by atoms with Gasteiger partial charge in [-0.1, -0.05) is 17.7 Å². The molecule has 1 saturated heterocycles. The lowest BCUT2D eigenvalue weighted by Crippen LogP contribution is -2.27. The molecule has 0 aliphatic carbocycles. The molecule has 7 nitrogen and oxygen atoms in total. The first-order valence-corrected chi connectivity index (χ1v) is 13.0. The molecule has 1 N–H and O–H groups in total. The fourth-order valence-corrected chi connectivity index (χ4v) is 6.39. The average molecular weight is 493 g/mol. The molecule has 1 aliphatic heterocycles. The molecule has 0 unspecified atom stereocenters. The number of amides is 1. The van der Waals surface area contributed by atoms with Crippen LogP contribution >= 0.6 is 22.9 Å². The molecule has 10 heteroatoms. The molecule has 0 spiro atoms. The van der Waals surface area contributed by atoms with E-state index in [1.807, 2.05) is 18.7 Å². The van der Waals surface area contributed by atoms with Crippen LogP contribution in [0.2, 0.25) is 5.02 Å². The van der Waals surface area contributed by atoms with E-state index >= 15 is 0 Å². The van der Waals surface area contributed by atoms with Gasteiger partial charge in [0.2, 0.25) is 0 Å². The van der Waals surface area contributed by atoms with Crippen LogP contribution in [-0.2, 0) is 17.1 Å². The van der Waals surface area contributed by atoms with E-state index in [1.165, 1.54) is 11.3 Å². The van der Waals surface area contributed by atoms with Crippen LogP contribution in [-0.4, -0.2) is 41.9 Å². The summed E-state index contributed by atoms with van der Waals surface area (Å²) in [6.07, 6.45) is 2.04. The quantitative estimate of drug-likeness (QED) is 0.556. The third-order valence-electron chi connectivity index (χ3n) is 5.81. The second-order valence-electron chi connectivity index (χ2n) is 8.04. The first-order chi connectivity index (χ1) is 15.1. The van der Waals surface area contributed by atoms with Crippen molar-refractivity contribution in [1.29, 1.82) is 0 Å². The van der Waals surface area contributed by atoms with Crippen LogP contribution in [0.1, 0.15) is 39.5 Å². The summed E-state index contributed by atoms with van der Waals surface area (Å²) >= 11 is 7.45. The lowest BCUT2D eigenvalue weighted by molar-refractivity contribution is 0.0796. The smallest absolute Gasteiger partial charge is 0.265 e. The number of anilines is 1. The number of hydrogen-bond acceptors (Lipinski definition) is 5. The van der Waals surface area contributed by atoms with Crippen molar-refractivity contribution >= 4 is 44.6 Å². The van der Waals surface area contributed by atoms with E-state index in [2.05, 4.69) is 9.71 Å². The van der Waals surface area contributed by atoms with Gasteiger partial charge in [0.05, 0.1) is 17.1 Å². The summed E-state index contributed by atoms with van der Waals surface area (Å²) in [5, 5.41) is 1.11. The van der Waals surface area contributed by atoms with Gasteiger partial charge in [0.25, 0.3) is 15.9 Å². The molecule has 0 saturated carbocycles. The van der Waals surface area contributed by atoms with E-state index in [1.54, 1.807) is 42.8 Å². The second kappa shape index (κ2) is 8.53. The minimum Gasteiger partial charge on any atom is -0.345 e. The number of hydrogen-bond donors (Lipinski definition) is 1. The van der Waals surface area contributed by atoms with Crippen molar-refractivity contribution in [2.45, 2.75) is 38.5 Å². The van der Waals surface area contributed by atoms with E-state index < -0.39 is 10.0 Å². The Balaban J connectivity index is 1.67. The Labute approximate surface area is 197 Å². The minimum atomic E-state index is -3.84. The maximum Gasteiger partial charge on any atom is 0.265 e. The van der Waals surface area contributed by atoms with Crippen LogP contribution in [0.25, 0.3) is 10.7 Å². The molecule has 1 amide bonds. The molecule has 1 aliphatic rings. The molecular weight excluding hydrogens is 468 g/mol. The summed E-state index contributed by atoms with van der Waals surface area (Å²) in [7, 11) is -2.05. The van der Waals surface area contributed by atoms with Crippen LogP contribution in [0.15, 0.2) is 29.2 Å². The summed E-state index contributed by atoms with van der Waals surface area (Å²) in [6.45, 7) is 6.96. The number of thiazole rings is 1. The number of nitrogens with one attached hydrogen (secondary N) is 1. The largest absolute Gasteiger partial charge is 0.345 e. The standard InChI is InChI=1S/C22H25ClN4O3S2/c1-13-7-8-16(11-17(13)23)25-32(29,30)19-12-18(26(4)15(19)3)21-24-14(2)20(31-21)22(28)27-9-5-6-10-27/h7-8,11-12,25H,5-6,9-10H2,1-4H3. The molecule has 2 aromatic heterocycles. The highest BCUT2D eigenvalue weighted by atomic mass is 35.5. The van der Waals surface area contributed by atoms with Gasteiger partial charge < -0.3 is 9.47 Å². The molecule has 1 aromatic carbocycles. The second-order valence-corrected chi connectivity index (χ2v) is 11.1. The van der Waals surface area contributed by atoms with Gasteiger partial charge in [-0.25, -0.2) is 13.4 Å². The van der Waals surface area contributed by atoms with Gasteiger partial charge in [-0.3, -0.25) is 9.52 Å². The number of nitrogens with zero attached hydrogens (tertiary/aromatic N) is 3. The normalized spacial score (nSPS) is 14.2. The number of halogens is 1. The first kappa shape index (κ1) is 22.8. The zero-order valence-corrected chi connectivity index (χ0v) is 20.8. The molecule has 3 aromatic rings. The maximum atomic E-state index is 13.1. The van der Waals surface area contributed by atoms with Gasteiger partial charge in [0, 0.05) is 30.9 Å². The maximum absolute atomic E-state index is 13.1. The highest BCUT2D eigenvalue weighted by Gasteiger charge is 2.27. The van der Waals surface area contributed by atoms with Crippen LogP contribution in [0.3, 0.4) is 0 Å². The molecule has 170 valence electrons. The summed E-state index contributed by atoms with van der Waals surface area (Å²) in [4.78, 5) is 20.1. The van der Waals surface area contributed by atoms with Crippen molar-refractivity contribution in [2.75, 3.05) is 17.8 Å². The van der Waals surface area contributed by atoms with Crippen molar-refractivity contribution in [2.24, 2.45) is 7.05 Å². The Bertz CT molecular complexity index is 1300. The molecule has 1 fully saturated rings. The molecule has 0 atom stereocenters. The fraction of sp³-hybridized carbons (Fsp3) is 0.364. The SMILES string of the molecule is Cc1ccc(NS(=O)(=O)c2cc(-c3nc(C)c(C(=O)N4CCCC4)s3)n(C)c2C)cc1Cl. The Morgan fingerprint density at radius 2 is 1.84 bits per heavy atom. The van der Waals surface area contributed by atoms with Crippen molar-refractivity contribution in [1.82, 2.24) is 14.5 Å². The van der Waals surface area contributed by atoms with Crippen LogP contribution < -0.4 is 4.72 Å². The van der Waals surface area contributed by atoms with Crippen LogP contribution in [0.4, 0.5) is 5.69 Å². The number of benzene rings is 1. The summed E-state index contributed by atoms with van der Waals surface area (Å²) in [5.74, 6) is 0.000410. The predicted octanol–water partition coefficient (Wildman–Crippen LogP) is 4.76. The van der Waals surface area contributed by atoms with E-state index in [9.17, 15) is 13.2 Å². The Morgan fingerprint density at radius 3 is 2.50 bits per heavy atom. The number of likely N-dealkylation sites (tertiary alicyclic amines) is 1. The van der Waals surface area contributed by atoms with Crippen molar-refractivity contribution in [3.8, 4) is 10.7 Å². The molecular formula is C22H25ClN4O3S2. The summed E-state index contributed by atoms with van der Waals surface area (Å²) in [6, 6.07) is 6.64. The van der Waals surface area contributed by atoms with Crippen molar-refractivity contribution in [3.05, 3.63) is 51.1 Å². The zero-order valence-electron chi connectivity index (χ0n) is 18.4. The molecule has 0 radical (unpaired) electrons. The number of carbonyl (C=O) groups excluding carboxylic acids is 1. The Morgan fingerprint density at radius 1 is 1.16 bits per heavy atom. The number of carbonyl (C=O) groups is 1. The fourth-order valence-electron chi connectivity index (χ4n) is 3.78. The monoisotopic (exact) mass is 492 g/mol. The number of aryl methyl sites for hydroxylation is 2. The molecule has 32 heavy (non-hydrogen) atoms. The highest BCUT2D eigenvalue weighted by Crippen LogP contribution is 2.34. The molecule has 4 rings (SSSR count). The van der Waals surface area contributed by atoms with Crippen molar-refractivity contribution < 1.29 is 13.2 Å². The zero-order chi connectivity index (χ0) is 23.2. The van der Waals surface area contributed by atoms with Crippen LogP contribution in [0, 0.1) is 20.8 Å². The summed E-state index contributed by atoms with van der Waals surface area (Å²) < 4.78 is 30.6. The lowest BCUT2D eigenvalue weighted by atomic mass is 10.2. The Kier molecular flexibility index (Phi) is 6.08. The topological polar surface area (TPSA) is 84.3 Å². The third kappa shape index (κ3) is 4.16. The average Bonchev–Trinajstić information content (AvgIpc) is 3.45. The third-order valence-corrected chi connectivity index (χ3v) is 8.88. The Hall–Kier alpha value is -2.36. The van der Waals surface area contributed by atoms with Crippen molar-refractivity contribution in [3.63, 3.8) is 0 Å². The molecule has 3 heterocycles. The molecule has 0 bridgehead atoms. The van der Waals surface area contributed by atoms with Gasteiger partial charge in [-0.15, -0.1) is 11.3 Å². The van der Waals surface area contributed by atoms with E-state index in [4.69, 9.17) is 11.6 Å². The first-order valence-electron chi connectivity index (χ1n) is 10.3. The van der Waals surface area contributed by atoms with Gasteiger partial charge >= 0.3 is 0 Å². The van der Waals surface area contributed by atoms with Gasteiger partial charge in [0.15, 0.2) is 0 Å². The van der Waals surface area contributed by atoms with Crippen LogP contribution in [0.5, 0.6) is 0 Å². The van der Waals surface area contributed by atoms with E-state index in [-0.39, 0.29) is 10.8 Å². The van der Waals surface area contributed by atoms with E-state index in [0.29, 0.717) is 37.7 Å². The highest BCUT2D eigenvalue weighted by molar-refractivity contribution is 7.92. The van der Waals surface area contributed by atoms with Gasteiger partial charge in [0.1, 0.15) is 14.8 Å². The number of aromatic nitrogens is 2. The predicted molar refractivity (Wildman–Crippen MR) is 128 cm³/mol. The lowest BCUT2D eigenvalue weighted by Gasteiger charge is -2.13. The van der Waals surface area contributed by atoms with Gasteiger partial charge in [-0.05, 0) is 57.4 Å². The summed E-state index contributed by atoms with van der Waals surface area (Å²) in [5.41, 5.74) is 3.15. The van der Waals surface area contributed by atoms with E-state index in [0.717, 1.165) is 31.5 Å². The van der Waals surface area contributed by atoms with Gasteiger partial charge in [-0.2, -0.15) is 0 Å². The minimum absolute atomic E-state index is 0.000410. The number of sulfonamides is 1.